The van der Waals surface area contributed by atoms with E-state index < -0.39 is 18.8 Å². The van der Waals surface area contributed by atoms with E-state index in [-0.39, 0.29) is 29.8 Å². The molecule has 1 aromatic heterocycles. The van der Waals surface area contributed by atoms with E-state index in [1.807, 2.05) is 70.0 Å². The zero-order valence-electron chi connectivity index (χ0n) is 39.3. The van der Waals surface area contributed by atoms with Crippen molar-refractivity contribution in [1.82, 2.24) is 19.7 Å². The average Bonchev–Trinajstić information content (AvgIpc) is 3.61. The number of Topliss-reactive ketones (excluding diaryl/α,β-unsaturated/α-hetero) is 1. The van der Waals surface area contributed by atoms with Gasteiger partial charge in [-0.05, 0) is 112 Å². The minimum atomic E-state index is -4.33. The molecular weight excluding hydrogens is 828 g/mol. The number of halogens is 3. The van der Waals surface area contributed by atoms with Gasteiger partial charge in [0.05, 0.1) is 36.9 Å². The first kappa shape index (κ1) is 46.6. The highest BCUT2D eigenvalue weighted by Crippen LogP contribution is 2.53. The number of piperidine rings is 1. The molecule has 3 aromatic rings. The van der Waals surface area contributed by atoms with Gasteiger partial charge in [0.2, 0.25) is 0 Å². The van der Waals surface area contributed by atoms with Crippen LogP contribution in [0.25, 0.3) is 6.08 Å². The lowest BCUT2D eigenvalue weighted by Gasteiger charge is -2.54. The summed E-state index contributed by atoms with van der Waals surface area (Å²) in [4.78, 5) is 41.2. The van der Waals surface area contributed by atoms with Crippen molar-refractivity contribution in [2.45, 2.75) is 116 Å². The number of rotatable bonds is 12. The maximum absolute atomic E-state index is 14.0. The largest absolute Gasteiger partial charge is 0.489 e. The second kappa shape index (κ2) is 18.8. The molecule has 13 heteroatoms. The summed E-state index contributed by atoms with van der Waals surface area (Å²) in [5.41, 5.74) is 8.54. The second-order valence-electron chi connectivity index (χ2n) is 19.4. The molecular formula is C52H68F3N7O3. The summed E-state index contributed by atoms with van der Waals surface area (Å²) in [5.74, 6) is 2.49. The van der Waals surface area contributed by atoms with Gasteiger partial charge in [-0.3, -0.25) is 14.6 Å². The normalized spacial score (nSPS) is 23.2. The first-order chi connectivity index (χ1) is 31.2. The highest BCUT2D eigenvalue weighted by atomic mass is 19.4. The van der Waals surface area contributed by atoms with Crippen LogP contribution in [0, 0.1) is 11.3 Å². The molecule has 10 nitrogen and oxygen atoms in total. The van der Waals surface area contributed by atoms with Crippen molar-refractivity contribution in [1.29, 1.82) is 0 Å². The lowest BCUT2D eigenvalue weighted by atomic mass is 9.57. The number of ether oxygens (including phenoxy) is 1. The number of anilines is 3. The maximum Gasteiger partial charge on any atom is 0.401 e. The zero-order valence-corrected chi connectivity index (χ0v) is 39.3. The number of nitrogens with zero attached hydrogens (tertiary/aromatic N) is 6. The molecule has 6 heterocycles. The number of hydrogen-bond donors (Lipinski definition) is 1. The number of nitrogens with one attached hydrogen (secondary N) is 1. The molecule has 1 unspecified atom stereocenters. The minimum Gasteiger partial charge on any atom is -0.489 e. The Kier molecular flexibility index (Phi) is 13.5. The molecule has 350 valence electrons. The number of amides is 1. The van der Waals surface area contributed by atoms with Gasteiger partial charge in [-0.25, -0.2) is 4.98 Å². The Labute approximate surface area is 383 Å². The van der Waals surface area contributed by atoms with Crippen molar-refractivity contribution in [3.63, 3.8) is 0 Å². The topological polar surface area (TPSA) is 84.5 Å². The Morgan fingerprint density at radius 1 is 1.05 bits per heavy atom. The Balaban J connectivity index is 0.00000284. The fourth-order valence-corrected chi connectivity index (χ4v) is 12.1. The smallest absolute Gasteiger partial charge is 0.401 e. The number of aromatic nitrogens is 1. The predicted molar refractivity (Wildman–Crippen MR) is 254 cm³/mol. The van der Waals surface area contributed by atoms with Crippen LogP contribution in [0.5, 0.6) is 5.75 Å². The number of piperazine rings is 1. The molecule has 1 N–H and O–H groups in total. The lowest BCUT2D eigenvalue weighted by Crippen LogP contribution is -2.59. The molecule has 2 aromatic carbocycles. The van der Waals surface area contributed by atoms with Crippen LogP contribution in [-0.4, -0.2) is 115 Å². The molecule has 5 aliphatic heterocycles. The number of fused-ring (bicyclic) bond motifs is 6. The molecule has 3 fully saturated rings. The summed E-state index contributed by atoms with van der Waals surface area (Å²) in [7, 11) is 1.85. The molecule has 65 heavy (non-hydrogen) atoms. The van der Waals surface area contributed by atoms with Crippen molar-refractivity contribution < 1.29 is 27.5 Å². The van der Waals surface area contributed by atoms with Crippen molar-refractivity contribution in [3.8, 4) is 5.75 Å². The molecule has 1 aliphatic carbocycles. The number of carbonyl (C=O) groups excluding carboxylic acids is 2. The van der Waals surface area contributed by atoms with Crippen molar-refractivity contribution >= 4 is 35.0 Å². The lowest BCUT2D eigenvalue weighted by molar-refractivity contribution is -0.155. The third kappa shape index (κ3) is 9.16. The van der Waals surface area contributed by atoms with Crippen molar-refractivity contribution in [2.24, 2.45) is 11.3 Å². The monoisotopic (exact) mass is 896 g/mol. The van der Waals surface area contributed by atoms with Gasteiger partial charge in [0.1, 0.15) is 24.0 Å². The number of benzene rings is 2. The van der Waals surface area contributed by atoms with Gasteiger partial charge in [-0.15, -0.1) is 0 Å². The third-order valence-corrected chi connectivity index (χ3v) is 15.2. The van der Waals surface area contributed by atoms with Crippen molar-refractivity contribution in [2.75, 3.05) is 74.6 Å². The fraction of sp³-hybridized carbons (Fsp3) is 0.558. The summed E-state index contributed by atoms with van der Waals surface area (Å²) in [6.07, 6.45) is 5.49. The fourth-order valence-electron chi connectivity index (χ4n) is 12.1. The minimum absolute atomic E-state index is 0.0145. The SMILES string of the molecule is C=Cc1c(NC)ccc2c1C[C@@H](C)N(CC(F)(F)F)[C@H]2c1ccc(N2CCC3(CC2)CC(CN2CCN4c5ccc6c(c5OCC4C2)CN([C@@H](CCC(C)=O)C(=C)C)C6=O)C3)nc1.CC. The van der Waals surface area contributed by atoms with Crippen LogP contribution >= 0.6 is 0 Å². The van der Waals surface area contributed by atoms with Crippen LogP contribution in [0.2, 0.25) is 0 Å². The van der Waals surface area contributed by atoms with Gasteiger partial charge in [0.25, 0.3) is 5.91 Å². The molecule has 0 bridgehead atoms. The van der Waals surface area contributed by atoms with Gasteiger partial charge < -0.3 is 29.5 Å². The van der Waals surface area contributed by atoms with E-state index in [2.05, 4.69) is 39.2 Å². The molecule has 1 saturated carbocycles. The summed E-state index contributed by atoms with van der Waals surface area (Å²) < 4.78 is 48.5. The Bertz CT molecular complexity index is 2260. The molecule has 2 saturated heterocycles. The van der Waals surface area contributed by atoms with E-state index in [1.54, 1.807) is 24.1 Å². The zero-order chi connectivity index (χ0) is 46.4. The Morgan fingerprint density at radius 3 is 2.45 bits per heavy atom. The number of ketones is 1. The Morgan fingerprint density at radius 2 is 1.80 bits per heavy atom. The molecule has 4 atom stereocenters. The number of alkyl halides is 3. The first-order valence-corrected chi connectivity index (χ1v) is 23.9. The average molecular weight is 896 g/mol. The summed E-state index contributed by atoms with van der Waals surface area (Å²) >= 11 is 0. The number of pyridine rings is 1. The van der Waals surface area contributed by atoms with E-state index in [0.717, 1.165) is 108 Å². The van der Waals surface area contributed by atoms with Crippen molar-refractivity contribution in [3.05, 3.63) is 94.7 Å². The maximum atomic E-state index is 14.0. The van der Waals surface area contributed by atoms with Gasteiger partial charge in [0, 0.05) is 87.4 Å². The highest BCUT2D eigenvalue weighted by molar-refractivity contribution is 6.00. The molecule has 9 rings (SSSR count). The number of hydrogen-bond acceptors (Lipinski definition) is 9. The summed E-state index contributed by atoms with van der Waals surface area (Å²) in [5, 5.41) is 3.22. The molecule has 1 spiro atoms. The first-order valence-electron chi connectivity index (χ1n) is 23.9. The summed E-state index contributed by atoms with van der Waals surface area (Å²) in [6.45, 7) is 23.5. The van der Waals surface area contributed by atoms with Crippen LogP contribution in [0.4, 0.5) is 30.4 Å². The van der Waals surface area contributed by atoms with Gasteiger partial charge in [0.15, 0.2) is 0 Å². The second-order valence-corrected chi connectivity index (χ2v) is 19.4. The predicted octanol–water partition coefficient (Wildman–Crippen LogP) is 9.54. The van der Waals surface area contributed by atoms with E-state index in [0.29, 0.717) is 49.3 Å². The van der Waals surface area contributed by atoms with E-state index in [9.17, 15) is 22.8 Å². The van der Waals surface area contributed by atoms with Crippen LogP contribution in [-0.2, 0) is 17.8 Å². The van der Waals surface area contributed by atoms with Gasteiger partial charge in [-0.2, -0.15) is 13.2 Å². The standard InChI is InChI=1S/C50H62F3N7O3.C2H6/c1-7-37-40-22-32(4)60(30-50(51,52)53)46(38(40)10-12-42(37)54-6)35-9-15-45(55-25-35)57-18-16-49(17-19-57)23-34(24-49)26-56-20-21-58-36(27-56)29-63-47-41-28-59(43(31(2)3)13-8-33(5)61)48(62)39(41)11-14-44(47)58;1-2/h7,9-12,14-15,25,32,34,36,43,46,54H,1-2,8,13,16-24,26-30H2,3-6H3;1-2H3/t32-,36?,43+,46+;/m1./s1. The highest BCUT2D eigenvalue weighted by Gasteiger charge is 2.48. The van der Waals surface area contributed by atoms with Gasteiger partial charge >= 0.3 is 6.18 Å². The van der Waals surface area contributed by atoms with Crippen LogP contribution in [0.1, 0.15) is 117 Å². The Hall–Kier alpha value is -4.88. The summed E-state index contributed by atoms with van der Waals surface area (Å²) in [6, 6.07) is 11.1. The van der Waals surface area contributed by atoms with E-state index in [4.69, 9.17) is 9.72 Å². The van der Waals surface area contributed by atoms with Crippen LogP contribution in [0.15, 0.2) is 61.3 Å². The van der Waals surface area contributed by atoms with Crippen LogP contribution in [0.3, 0.4) is 0 Å². The van der Waals surface area contributed by atoms with E-state index in [1.165, 1.54) is 12.8 Å². The van der Waals surface area contributed by atoms with Gasteiger partial charge in [-0.1, -0.05) is 50.8 Å². The molecule has 0 radical (unpaired) electrons. The third-order valence-electron chi connectivity index (χ3n) is 15.2. The molecule has 1 amide bonds. The number of carbonyl (C=O) groups is 2. The molecule has 6 aliphatic rings. The van der Waals surface area contributed by atoms with E-state index >= 15 is 0 Å². The quantitative estimate of drug-likeness (QED) is 0.179. The van der Waals surface area contributed by atoms with Crippen LogP contribution < -0.4 is 19.9 Å².